The zero-order valence-corrected chi connectivity index (χ0v) is 18.4. The third kappa shape index (κ3) is 3.99. The number of carbonyl (C=O) groups is 1. The van der Waals surface area contributed by atoms with E-state index in [4.69, 9.17) is 0 Å². The third-order valence-corrected chi connectivity index (χ3v) is 7.95. The van der Waals surface area contributed by atoms with Crippen LogP contribution in [0.15, 0.2) is 58.2 Å². The number of nitrogens with one attached hydrogen (secondary N) is 1. The summed E-state index contributed by atoms with van der Waals surface area (Å²) in [5.41, 5.74) is 0.233. The summed E-state index contributed by atoms with van der Waals surface area (Å²) in [6, 6.07) is 13.0. The highest BCUT2D eigenvalue weighted by Gasteiger charge is 2.30. The highest BCUT2D eigenvalue weighted by atomic mass is 32.2. The minimum atomic E-state index is -3.43. The number of carbonyl (C=O) groups excluding carboxylic acids is 1. The van der Waals surface area contributed by atoms with E-state index >= 15 is 0 Å². The van der Waals surface area contributed by atoms with E-state index in [0.29, 0.717) is 29.3 Å². The Balaban J connectivity index is 1.70. The van der Waals surface area contributed by atoms with Gasteiger partial charge in [-0.05, 0) is 51.0 Å². The van der Waals surface area contributed by atoms with Crippen molar-refractivity contribution >= 4 is 32.2 Å². The van der Waals surface area contributed by atoms with Crippen LogP contribution in [-0.2, 0) is 9.84 Å². The van der Waals surface area contributed by atoms with Gasteiger partial charge in [0.1, 0.15) is 0 Å². The predicted octanol–water partition coefficient (Wildman–Crippen LogP) is 3.95. The average Bonchev–Trinajstić information content (AvgIpc) is 3.30. The molecule has 0 unspecified atom stereocenters. The second kappa shape index (κ2) is 8.26. The lowest BCUT2D eigenvalue weighted by Crippen LogP contribution is -2.29. The van der Waals surface area contributed by atoms with Gasteiger partial charge in [-0.25, -0.2) is 13.1 Å². The van der Waals surface area contributed by atoms with E-state index in [1.54, 1.807) is 42.5 Å². The Kier molecular flexibility index (Phi) is 5.66. The predicted molar refractivity (Wildman–Crippen MR) is 120 cm³/mol. The number of aromatic nitrogens is 2. The number of benzene rings is 2. The Bertz CT molecular complexity index is 1310. The Morgan fingerprint density at radius 2 is 1.74 bits per heavy atom. The number of anilines is 1. The molecular weight excluding hydrogens is 414 g/mol. The van der Waals surface area contributed by atoms with Gasteiger partial charge < -0.3 is 5.32 Å². The molecule has 4 rings (SSSR count). The Morgan fingerprint density at radius 1 is 1.06 bits per heavy atom. The van der Waals surface area contributed by atoms with Gasteiger partial charge in [0.2, 0.25) is 0 Å². The molecule has 1 amide bonds. The van der Waals surface area contributed by atoms with Crippen molar-refractivity contribution < 1.29 is 13.2 Å². The van der Waals surface area contributed by atoms with Crippen LogP contribution in [0.2, 0.25) is 0 Å². The first-order valence-corrected chi connectivity index (χ1v) is 12.0. The summed E-state index contributed by atoms with van der Waals surface area (Å²) in [5.74, 6) is -0.499. The van der Waals surface area contributed by atoms with Crippen molar-refractivity contribution in [3.8, 4) is 0 Å². The van der Waals surface area contributed by atoms with Crippen molar-refractivity contribution in [2.75, 3.05) is 5.32 Å². The normalized spacial score (nSPS) is 14.9. The molecule has 2 aromatic carbocycles. The molecule has 8 heteroatoms. The van der Waals surface area contributed by atoms with Gasteiger partial charge >= 0.3 is 0 Å². The van der Waals surface area contributed by atoms with Gasteiger partial charge in [0.15, 0.2) is 15.5 Å². The van der Waals surface area contributed by atoms with Crippen LogP contribution in [0.4, 0.5) is 5.69 Å². The lowest BCUT2D eigenvalue weighted by molar-refractivity contribution is 0.102. The molecule has 1 N–H and O–H groups in total. The standard InChI is InChI=1S/C23H25N3O4S/c1-15(2)26-23(28)20-13-6-5-12-19(20)21(25-26)22(27)24-16-8-7-11-18(14-16)31(29,30)17-9-3-4-10-17/h5-8,11-15,17H,3-4,9-10H2,1-2H3,(H,24,27). The molecule has 162 valence electrons. The number of hydrogen-bond donors (Lipinski definition) is 1. The second-order valence-electron chi connectivity index (χ2n) is 8.17. The topological polar surface area (TPSA) is 98.1 Å². The Morgan fingerprint density at radius 3 is 2.42 bits per heavy atom. The molecule has 0 bridgehead atoms. The van der Waals surface area contributed by atoms with Crippen molar-refractivity contribution in [3.63, 3.8) is 0 Å². The summed E-state index contributed by atoms with van der Waals surface area (Å²) < 4.78 is 27.1. The van der Waals surface area contributed by atoms with E-state index in [1.165, 1.54) is 10.7 Å². The molecule has 1 heterocycles. The van der Waals surface area contributed by atoms with Crippen LogP contribution < -0.4 is 10.9 Å². The monoisotopic (exact) mass is 439 g/mol. The van der Waals surface area contributed by atoms with E-state index < -0.39 is 15.7 Å². The molecule has 3 aromatic rings. The molecule has 7 nitrogen and oxygen atoms in total. The molecule has 0 aliphatic heterocycles. The summed E-state index contributed by atoms with van der Waals surface area (Å²) in [6.07, 6.45) is 3.19. The third-order valence-electron chi connectivity index (χ3n) is 5.69. The molecule has 31 heavy (non-hydrogen) atoms. The zero-order valence-electron chi connectivity index (χ0n) is 17.5. The molecular formula is C23H25N3O4S. The molecule has 0 atom stereocenters. The number of hydrogen-bond acceptors (Lipinski definition) is 5. The number of sulfone groups is 1. The second-order valence-corrected chi connectivity index (χ2v) is 10.4. The lowest BCUT2D eigenvalue weighted by Gasteiger charge is -2.14. The lowest BCUT2D eigenvalue weighted by atomic mass is 10.1. The SMILES string of the molecule is CC(C)n1nc(C(=O)Nc2cccc(S(=O)(=O)C3CCCC3)c2)c2ccccc2c1=O. The van der Waals surface area contributed by atoms with Crippen molar-refractivity contribution in [2.45, 2.75) is 55.7 Å². The smallest absolute Gasteiger partial charge is 0.276 e. The molecule has 0 spiro atoms. The van der Waals surface area contributed by atoms with Gasteiger partial charge in [-0.1, -0.05) is 37.1 Å². The molecule has 1 aliphatic rings. The largest absolute Gasteiger partial charge is 0.321 e. The maximum Gasteiger partial charge on any atom is 0.276 e. The van der Waals surface area contributed by atoms with E-state index in [2.05, 4.69) is 10.4 Å². The number of nitrogens with zero attached hydrogens (tertiary/aromatic N) is 2. The van der Waals surface area contributed by atoms with Crippen LogP contribution in [-0.4, -0.2) is 29.4 Å². The van der Waals surface area contributed by atoms with Gasteiger partial charge in [0, 0.05) is 11.1 Å². The van der Waals surface area contributed by atoms with E-state index in [9.17, 15) is 18.0 Å². The molecule has 1 aromatic heterocycles. The van der Waals surface area contributed by atoms with Gasteiger partial charge in [-0.2, -0.15) is 5.10 Å². The first-order chi connectivity index (χ1) is 14.8. The summed E-state index contributed by atoms with van der Waals surface area (Å²) >= 11 is 0. The molecule has 0 radical (unpaired) electrons. The summed E-state index contributed by atoms with van der Waals surface area (Å²) in [4.78, 5) is 26.0. The van der Waals surface area contributed by atoms with Crippen LogP contribution in [0.25, 0.3) is 10.8 Å². The van der Waals surface area contributed by atoms with Gasteiger partial charge in [0.05, 0.1) is 21.6 Å². The van der Waals surface area contributed by atoms with E-state index in [1.807, 2.05) is 13.8 Å². The van der Waals surface area contributed by atoms with Crippen molar-refractivity contribution in [3.05, 3.63) is 64.6 Å². The minimum absolute atomic E-state index is 0.118. The van der Waals surface area contributed by atoms with Crippen LogP contribution in [0.1, 0.15) is 56.1 Å². The summed E-state index contributed by atoms with van der Waals surface area (Å²) in [7, 11) is -3.43. The fourth-order valence-corrected chi connectivity index (χ4v) is 5.95. The fourth-order valence-electron chi connectivity index (χ4n) is 4.06. The van der Waals surface area contributed by atoms with Crippen LogP contribution in [0, 0.1) is 0 Å². The van der Waals surface area contributed by atoms with Crippen LogP contribution >= 0.6 is 0 Å². The highest BCUT2D eigenvalue weighted by Crippen LogP contribution is 2.30. The minimum Gasteiger partial charge on any atom is -0.321 e. The maximum absolute atomic E-state index is 13.1. The number of rotatable bonds is 5. The fraction of sp³-hybridized carbons (Fsp3) is 0.348. The van der Waals surface area contributed by atoms with Crippen molar-refractivity contribution in [2.24, 2.45) is 0 Å². The highest BCUT2D eigenvalue weighted by molar-refractivity contribution is 7.92. The molecule has 0 saturated heterocycles. The first-order valence-electron chi connectivity index (χ1n) is 10.5. The van der Waals surface area contributed by atoms with Crippen LogP contribution in [0.5, 0.6) is 0 Å². The van der Waals surface area contributed by atoms with E-state index in [0.717, 1.165) is 12.8 Å². The van der Waals surface area contributed by atoms with E-state index in [-0.39, 0.29) is 27.4 Å². The zero-order chi connectivity index (χ0) is 22.2. The van der Waals surface area contributed by atoms with Crippen molar-refractivity contribution in [1.29, 1.82) is 0 Å². The number of fused-ring (bicyclic) bond motifs is 1. The quantitative estimate of drug-likeness (QED) is 0.649. The molecule has 1 aliphatic carbocycles. The Hall–Kier alpha value is -3.00. The summed E-state index contributed by atoms with van der Waals surface area (Å²) in [5, 5.41) is 7.57. The average molecular weight is 440 g/mol. The van der Waals surface area contributed by atoms with Gasteiger partial charge in [-0.3, -0.25) is 9.59 Å². The first kappa shape index (κ1) is 21.2. The Labute approximate surface area is 181 Å². The molecule has 1 fully saturated rings. The number of amides is 1. The maximum atomic E-state index is 13.1. The summed E-state index contributed by atoms with van der Waals surface area (Å²) in [6.45, 7) is 3.64. The van der Waals surface area contributed by atoms with Crippen LogP contribution in [0.3, 0.4) is 0 Å². The molecule has 1 saturated carbocycles. The van der Waals surface area contributed by atoms with Crippen molar-refractivity contribution in [1.82, 2.24) is 9.78 Å². The van der Waals surface area contributed by atoms with Gasteiger partial charge in [0.25, 0.3) is 11.5 Å². The van der Waals surface area contributed by atoms with Gasteiger partial charge in [-0.15, -0.1) is 0 Å².